The topological polar surface area (TPSA) is 70.0 Å². The summed E-state index contributed by atoms with van der Waals surface area (Å²) in [6.45, 7) is 3.23. The van der Waals surface area contributed by atoms with Crippen molar-refractivity contribution in [2.45, 2.75) is 25.5 Å². The van der Waals surface area contributed by atoms with Gasteiger partial charge in [0.05, 0.1) is 17.7 Å². The maximum atomic E-state index is 11.5. The molecule has 0 unspecified atom stereocenters. The normalized spacial score (nSPS) is 11.1. The molecule has 0 aromatic heterocycles. The Balaban J connectivity index is 2.81. The van der Waals surface area contributed by atoms with Gasteiger partial charge in [-0.25, -0.2) is 8.42 Å². The summed E-state index contributed by atoms with van der Waals surface area (Å²) >= 11 is 0. The number of hydrogen-bond donors (Lipinski definition) is 1. The van der Waals surface area contributed by atoms with Crippen LogP contribution in [-0.2, 0) is 16.4 Å². The van der Waals surface area contributed by atoms with E-state index in [0.29, 0.717) is 12.1 Å². The molecule has 0 spiro atoms. The highest BCUT2D eigenvalue weighted by atomic mass is 32.2. The number of benzene rings is 1. The number of nitriles is 1. The average Bonchev–Trinajstić information content (AvgIpc) is 2.21. The van der Waals surface area contributed by atoms with E-state index in [-0.39, 0.29) is 0 Å². The summed E-state index contributed by atoms with van der Waals surface area (Å²) in [4.78, 5) is 0. The van der Waals surface area contributed by atoms with Crippen molar-refractivity contribution in [1.82, 2.24) is 0 Å². The lowest BCUT2D eigenvalue weighted by Crippen LogP contribution is -2.22. The Bertz CT molecular complexity index is 484. The van der Waals surface area contributed by atoms with Gasteiger partial charge >= 0.3 is 0 Å². The third-order valence-corrected chi connectivity index (χ3v) is 3.88. The lowest BCUT2D eigenvalue weighted by atomic mass is 10.1. The molecular formula is C11H14N2O2S. The third-order valence-electron chi connectivity index (χ3n) is 2.12. The van der Waals surface area contributed by atoms with E-state index in [2.05, 4.69) is 4.72 Å². The molecule has 1 aromatic carbocycles. The quantitative estimate of drug-likeness (QED) is 0.871. The number of nitrogens with one attached hydrogen (secondary N) is 1. The van der Waals surface area contributed by atoms with E-state index in [1.807, 2.05) is 6.07 Å². The predicted octanol–water partition coefficient (Wildman–Crippen LogP) is 1.90. The Morgan fingerprint density at radius 2 is 1.88 bits per heavy atom. The van der Waals surface area contributed by atoms with E-state index >= 15 is 0 Å². The summed E-state index contributed by atoms with van der Waals surface area (Å²) in [6, 6.07) is 8.82. The number of nitrogens with zero attached hydrogens (tertiary/aromatic N) is 1. The van der Waals surface area contributed by atoms with Crippen molar-refractivity contribution in [3.05, 3.63) is 29.8 Å². The third kappa shape index (κ3) is 3.24. The van der Waals surface area contributed by atoms with Crippen LogP contribution in [0.5, 0.6) is 0 Å². The maximum absolute atomic E-state index is 11.5. The highest BCUT2D eigenvalue weighted by molar-refractivity contribution is 7.93. The smallest absolute Gasteiger partial charge is 0.235 e. The minimum absolute atomic E-state index is 0.331. The second-order valence-electron chi connectivity index (χ2n) is 3.73. The molecule has 4 nitrogen and oxygen atoms in total. The molecule has 1 rings (SSSR count). The summed E-state index contributed by atoms with van der Waals surface area (Å²) in [5, 5.41) is 8.02. The van der Waals surface area contributed by atoms with E-state index in [0.717, 1.165) is 5.56 Å². The van der Waals surface area contributed by atoms with Crippen LogP contribution in [0.4, 0.5) is 5.69 Å². The molecule has 0 aliphatic carbocycles. The van der Waals surface area contributed by atoms with Crippen molar-refractivity contribution in [1.29, 1.82) is 5.26 Å². The SMILES string of the molecule is CC(C)S(=O)(=O)Nc1ccc(CC#N)cc1. The highest BCUT2D eigenvalue weighted by Crippen LogP contribution is 2.13. The largest absolute Gasteiger partial charge is 0.283 e. The summed E-state index contributed by atoms with van der Waals surface area (Å²) in [5.74, 6) is 0. The first-order chi connectivity index (χ1) is 7.45. The summed E-state index contributed by atoms with van der Waals surface area (Å²) in [5.41, 5.74) is 1.39. The Morgan fingerprint density at radius 3 is 2.31 bits per heavy atom. The van der Waals surface area contributed by atoms with Gasteiger partial charge in [-0.15, -0.1) is 0 Å². The maximum Gasteiger partial charge on any atom is 0.235 e. The Labute approximate surface area is 96.0 Å². The first-order valence-electron chi connectivity index (χ1n) is 4.93. The van der Waals surface area contributed by atoms with Gasteiger partial charge in [-0.2, -0.15) is 5.26 Å². The van der Waals surface area contributed by atoms with Crippen LogP contribution in [0.15, 0.2) is 24.3 Å². The van der Waals surface area contributed by atoms with Crippen LogP contribution in [0.3, 0.4) is 0 Å². The zero-order valence-corrected chi connectivity index (χ0v) is 10.1. The molecule has 1 aromatic rings. The van der Waals surface area contributed by atoms with E-state index in [1.54, 1.807) is 38.1 Å². The average molecular weight is 238 g/mol. The fourth-order valence-corrected chi connectivity index (χ4v) is 1.76. The van der Waals surface area contributed by atoms with Crippen LogP contribution >= 0.6 is 0 Å². The number of anilines is 1. The van der Waals surface area contributed by atoms with Gasteiger partial charge in [-0.1, -0.05) is 12.1 Å². The molecule has 5 heteroatoms. The zero-order valence-electron chi connectivity index (χ0n) is 9.27. The fraction of sp³-hybridized carbons (Fsp3) is 0.364. The van der Waals surface area contributed by atoms with Gasteiger partial charge in [0.15, 0.2) is 0 Å². The van der Waals surface area contributed by atoms with Gasteiger partial charge in [-0.05, 0) is 31.5 Å². The van der Waals surface area contributed by atoms with Gasteiger partial charge in [0, 0.05) is 5.69 Å². The van der Waals surface area contributed by atoms with Crippen molar-refractivity contribution in [2.75, 3.05) is 4.72 Å². The second kappa shape index (κ2) is 4.99. The molecule has 0 saturated carbocycles. The summed E-state index contributed by atoms with van der Waals surface area (Å²) in [7, 11) is -3.29. The molecule has 0 heterocycles. The monoisotopic (exact) mass is 238 g/mol. The van der Waals surface area contributed by atoms with E-state index in [4.69, 9.17) is 5.26 Å². The molecule has 0 atom stereocenters. The lowest BCUT2D eigenvalue weighted by Gasteiger charge is -2.10. The Morgan fingerprint density at radius 1 is 1.31 bits per heavy atom. The first-order valence-corrected chi connectivity index (χ1v) is 6.48. The minimum Gasteiger partial charge on any atom is -0.283 e. The molecule has 0 amide bonds. The van der Waals surface area contributed by atoms with Crippen molar-refractivity contribution in [3.8, 4) is 6.07 Å². The Hall–Kier alpha value is -1.54. The first kappa shape index (κ1) is 12.5. The zero-order chi connectivity index (χ0) is 12.2. The molecule has 16 heavy (non-hydrogen) atoms. The molecule has 0 aliphatic rings. The Kier molecular flexibility index (Phi) is 3.91. The van der Waals surface area contributed by atoms with Crippen molar-refractivity contribution < 1.29 is 8.42 Å². The molecule has 1 N–H and O–H groups in total. The molecule has 86 valence electrons. The number of hydrogen-bond acceptors (Lipinski definition) is 3. The van der Waals surface area contributed by atoms with E-state index < -0.39 is 15.3 Å². The van der Waals surface area contributed by atoms with Gasteiger partial charge in [-0.3, -0.25) is 4.72 Å². The van der Waals surface area contributed by atoms with Gasteiger partial charge in [0.2, 0.25) is 10.0 Å². The van der Waals surface area contributed by atoms with E-state index in [9.17, 15) is 8.42 Å². The van der Waals surface area contributed by atoms with Crippen LogP contribution in [-0.4, -0.2) is 13.7 Å². The molecule has 0 radical (unpaired) electrons. The number of rotatable bonds is 4. The fourth-order valence-electron chi connectivity index (χ4n) is 1.06. The molecule has 0 saturated heterocycles. The van der Waals surface area contributed by atoms with Crippen LogP contribution in [0.2, 0.25) is 0 Å². The van der Waals surface area contributed by atoms with Gasteiger partial charge < -0.3 is 0 Å². The lowest BCUT2D eigenvalue weighted by molar-refractivity contribution is 0.593. The van der Waals surface area contributed by atoms with Crippen LogP contribution in [0, 0.1) is 11.3 Å². The molecular weight excluding hydrogens is 224 g/mol. The van der Waals surface area contributed by atoms with E-state index in [1.165, 1.54) is 0 Å². The van der Waals surface area contributed by atoms with Crippen molar-refractivity contribution in [2.24, 2.45) is 0 Å². The number of sulfonamides is 1. The standard InChI is InChI=1S/C11H14N2O2S/c1-9(2)16(14,15)13-11-5-3-10(4-6-11)7-8-12/h3-6,9,13H,7H2,1-2H3. The van der Waals surface area contributed by atoms with Crippen molar-refractivity contribution in [3.63, 3.8) is 0 Å². The second-order valence-corrected chi connectivity index (χ2v) is 5.96. The minimum atomic E-state index is -3.29. The molecule has 0 fully saturated rings. The van der Waals surface area contributed by atoms with Crippen LogP contribution in [0.1, 0.15) is 19.4 Å². The highest BCUT2D eigenvalue weighted by Gasteiger charge is 2.14. The van der Waals surface area contributed by atoms with Gasteiger partial charge in [0.1, 0.15) is 0 Å². The van der Waals surface area contributed by atoms with Crippen molar-refractivity contribution >= 4 is 15.7 Å². The summed E-state index contributed by atoms with van der Waals surface area (Å²) in [6.07, 6.45) is 0.331. The predicted molar refractivity (Wildman–Crippen MR) is 63.4 cm³/mol. The molecule has 0 bridgehead atoms. The molecule has 0 aliphatic heterocycles. The van der Waals surface area contributed by atoms with Crippen LogP contribution in [0.25, 0.3) is 0 Å². The van der Waals surface area contributed by atoms with Crippen LogP contribution < -0.4 is 4.72 Å². The summed E-state index contributed by atoms with van der Waals surface area (Å²) < 4.78 is 25.6. The van der Waals surface area contributed by atoms with Gasteiger partial charge in [0.25, 0.3) is 0 Å².